The summed E-state index contributed by atoms with van der Waals surface area (Å²) in [7, 11) is 0. The second-order valence-electron chi connectivity index (χ2n) is 4.38. The molecule has 16 heavy (non-hydrogen) atoms. The van der Waals surface area contributed by atoms with Gasteiger partial charge in [-0.25, -0.2) is 4.79 Å². The number of rotatable bonds is 0. The van der Waals surface area contributed by atoms with Crippen molar-refractivity contribution < 1.29 is 14.3 Å². The Morgan fingerprint density at radius 1 is 1.00 bits per heavy atom. The Morgan fingerprint density at radius 2 is 1.69 bits per heavy atom. The summed E-state index contributed by atoms with van der Waals surface area (Å²) in [5, 5.41) is 0. The molecule has 1 aliphatic carbocycles. The van der Waals surface area contributed by atoms with E-state index < -0.39 is 0 Å². The molecule has 1 aromatic rings. The van der Waals surface area contributed by atoms with E-state index in [2.05, 4.69) is 0 Å². The Balaban J connectivity index is 1.97. The number of benzene rings is 1. The molecule has 84 valence electrons. The van der Waals surface area contributed by atoms with E-state index in [0.717, 1.165) is 25.7 Å². The maximum absolute atomic E-state index is 11.9. The van der Waals surface area contributed by atoms with Crippen LogP contribution in [0.25, 0.3) is 0 Å². The number of para-hydroxylation sites is 1. The smallest absolute Gasteiger partial charge is 0.342 e. The maximum atomic E-state index is 11.9. The number of hydrogen-bond acceptors (Lipinski definition) is 3. The van der Waals surface area contributed by atoms with Crippen LogP contribution in [0.3, 0.4) is 0 Å². The summed E-state index contributed by atoms with van der Waals surface area (Å²) < 4.78 is 11.4. The third kappa shape index (κ3) is 1.56. The van der Waals surface area contributed by atoms with Crippen LogP contribution in [0.2, 0.25) is 0 Å². The van der Waals surface area contributed by atoms with Crippen LogP contribution in [0.4, 0.5) is 0 Å². The predicted octanol–water partition coefficient (Wildman–Crippen LogP) is 2.55. The molecule has 2 unspecified atom stereocenters. The SMILES string of the molecule is O=C1OC2CCCCC2Oc2ccccc21. The summed E-state index contributed by atoms with van der Waals surface area (Å²) in [5.74, 6) is 0.423. The fraction of sp³-hybridized carbons (Fsp3) is 0.462. The largest absolute Gasteiger partial charge is 0.486 e. The highest BCUT2D eigenvalue weighted by Crippen LogP contribution is 2.32. The maximum Gasteiger partial charge on any atom is 0.342 e. The third-order valence-corrected chi connectivity index (χ3v) is 3.29. The van der Waals surface area contributed by atoms with Gasteiger partial charge in [0, 0.05) is 0 Å². The number of carbonyl (C=O) groups excluding carboxylic acids is 1. The molecule has 1 aromatic carbocycles. The Hall–Kier alpha value is -1.51. The van der Waals surface area contributed by atoms with Crippen LogP contribution in [0, 0.1) is 0 Å². The molecule has 0 bridgehead atoms. The fourth-order valence-corrected chi connectivity index (χ4v) is 2.43. The standard InChI is InChI=1S/C13H14O3/c14-13-9-5-1-2-6-10(9)15-11-7-3-4-8-12(11)16-13/h1-2,5-6,11-12H,3-4,7-8H2. The molecule has 0 N–H and O–H groups in total. The summed E-state index contributed by atoms with van der Waals surface area (Å²) in [6, 6.07) is 7.32. The van der Waals surface area contributed by atoms with Gasteiger partial charge in [-0.2, -0.15) is 0 Å². The lowest BCUT2D eigenvalue weighted by atomic mass is 9.95. The van der Waals surface area contributed by atoms with E-state index >= 15 is 0 Å². The van der Waals surface area contributed by atoms with Gasteiger partial charge in [0.25, 0.3) is 0 Å². The Kier molecular flexibility index (Phi) is 2.31. The molecule has 2 atom stereocenters. The van der Waals surface area contributed by atoms with E-state index in [0.29, 0.717) is 11.3 Å². The zero-order chi connectivity index (χ0) is 11.0. The minimum absolute atomic E-state index is 0.0429. The molecule has 1 saturated carbocycles. The Labute approximate surface area is 94.4 Å². The van der Waals surface area contributed by atoms with Crippen molar-refractivity contribution in [3.63, 3.8) is 0 Å². The average Bonchev–Trinajstić information content (AvgIpc) is 2.45. The highest BCUT2D eigenvalue weighted by Gasteiger charge is 2.34. The van der Waals surface area contributed by atoms with Gasteiger partial charge in [-0.15, -0.1) is 0 Å². The highest BCUT2D eigenvalue weighted by atomic mass is 16.6. The van der Waals surface area contributed by atoms with E-state index in [9.17, 15) is 4.79 Å². The van der Waals surface area contributed by atoms with Crippen molar-refractivity contribution in [3.05, 3.63) is 29.8 Å². The molecule has 0 aromatic heterocycles. The number of hydrogen-bond donors (Lipinski definition) is 0. The van der Waals surface area contributed by atoms with E-state index in [-0.39, 0.29) is 18.2 Å². The topological polar surface area (TPSA) is 35.5 Å². The first-order chi connectivity index (χ1) is 7.84. The van der Waals surface area contributed by atoms with Gasteiger partial charge < -0.3 is 9.47 Å². The zero-order valence-corrected chi connectivity index (χ0v) is 9.02. The summed E-state index contributed by atoms with van der Waals surface area (Å²) >= 11 is 0. The summed E-state index contributed by atoms with van der Waals surface area (Å²) in [6.45, 7) is 0. The van der Waals surface area contributed by atoms with Crippen LogP contribution in [0.1, 0.15) is 36.0 Å². The van der Waals surface area contributed by atoms with Gasteiger partial charge in [0.1, 0.15) is 23.5 Å². The van der Waals surface area contributed by atoms with Gasteiger partial charge in [0.05, 0.1) is 0 Å². The summed E-state index contributed by atoms with van der Waals surface area (Å²) in [4.78, 5) is 11.9. The third-order valence-electron chi connectivity index (χ3n) is 3.29. The second kappa shape index (κ2) is 3.81. The normalized spacial score (nSPS) is 28.1. The van der Waals surface area contributed by atoms with E-state index in [4.69, 9.17) is 9.47 Å². The fourth-order valence-electron chi connectivity index (χ4n) is 2.43. The first-order valence-corrected chi connectivity index (χ1v) is 5.81. The molecule has 3 rings (SSSR count). The van der Waals surface area contributed by atoms with Crippen LogP contribution >= 0.6 is 0 Å². The predicted molar refractivity (Wildman–Crippen MR) is 58.5 cm³/mol. The number of ether oxygens (including phenoxy) is 2. The molecular formula is C13H14O3. The van der Waals surface area contributed by atoms with Gasteiger partial charge in [-0.05, 0) is 37.8 Å². The first kappa shape index (κ1) is 9.70. The molecule has 1 fully saturated rings. The van der Waals surface area contributed by atoms with Crippen molar-refractivity contribution in [2.45, 2.75) is 37.9 Å². The monoisotopic (exact) mass is 218 g/mol. The highest BCUT2D eigenvalue weighted by molar-refractivity contribution is 5.92. The van der Waals surface area contributed by atoms with Crippen molar-refractivity contribution >= 4 is 5.97 Å². The molecular weight excluding hydrogens is 204 g/mol. The number of carbonyl (C=O) groups is 1. The molecule has 0 spiro atoms. The second-order valence-corrected chi connectivity index (χ2v) is 4.38. The van der Waals surface area contributed by atoms with Gasteiger partial charge in [-0.3, -0.25) is 0 Å². The molecule has 3 nitrogen and oxygen atoms in total. The lowest BCUT2D eigenvalue weighted by Gasteiger charge is -2.28. The zero-order valence-electron chi connectivity index (χ0n) is 9.02. The van der Waals surface area contributed by atoms with Gasteiger partial charge in [0.15, 0.2) is 0 Å². The molecule has 2 aliphatic rings. The Morgan fingerprint density at radius 3 is 2.50 bits per heavy atom. The van der Waals surface area contributed by atoms with Gasteiger partial charge >= 0.3 is 5.97 Å². The summed E-state index contributed by atoms with van der Waals surface area (Å²) in [6.07, 6.45) is 4.15. The van der Waals surface area contributed by atoms with Crippen LogP contribution in [-0.4, -0.2) is 18.2 Å². The van der Waals surface area contributed by atoms with Crippen LogP contribution in [0.5, 0.6) is 5.75 Å². The molecule has 0 amide bonds. The van der Waals surface area contributed by atoms with Crippen molar-refractivity contribution in [2.24, 2.45) is 0 Å². The first-order valence-electron chi connectivity index (χ1n) is 5.81. The van der Waals surface area contributed by atoms with Crippen molar-refractivity contribution in [3.8, 4) is 5.75 Å². The van der Waals surface area contributed by atoms with Crippen molar-refractivity contribution in [1.82, 2.24) is 0 Å². The molecule has 0 saturated heterocycles. The molecule has 1 heterocycles. The van der Waals surface area contributed by atoms with Gasteiger partial charge in [0.2, 0.25) is 0 Å². The van der Waals surface area contributed by atoms with Crippen LogP contribution < -0.4 is 4.74 Å². The minimum Gasteiger partial charge on any atom is -0.486 e. The van der Waals surface area contributed by atoms with Crippen molar-refractivity contribution in [2.75, 3.05) is 0 Å². The Bertz CT molecular complexity index is 413. The van der Waals surface area contributed by atoms with Gasteiger partial charge in [-0.1, -0.05) is 12.1 Å². The molecule has 1 aliphatic heterocycles. The van der Waals surface area contributed by atoms with Crippen LogP contribution in [0.15, 0.2) is 24.3 Å². The lowest BCUT2D eigenvalue weighted by Crippen LogP contribution is -2.36. The number of esters is 1. The quantitative estimate of drug-likeness (QED) is 0.628. The summed E-state index contributed by atoms with van der Waals surface area (Å²) in [5.41, 5.74) is 0.553. The van der Waals surface area contributed by atoms with E-state index in [1.54, 1.807) is 6.07 Å². The van der Waals surface area contributed by atoms with E-state index in [1.807, 2.05) is 18.2 Å². The molecule has 3 heteroatoms. The van der Waals surface area contributed by atoms with Crippen molar-refractivity contribution in [1.29, 1.82) is 0 Å². The molecule has 0 radical (unpaired) electrons. The lowest BCUT2D eigenvalue weighted by molar-refractivity contribution is -0.0173. The van der Waals surface area contributed by atoms with Crippen LogP contribution in [-0.2, 0) is 4.74 Å². The minimum atomic E-state index is -0.245. The average molecular weight is 218 g/mol. The van der Waals surface area contributed by atoms with E-state index in [1.165, 1.54) is 0 Å². The number of fused-ring (bicyclic) bond motifs is 2.